The van der Waals surface area contributed by atoms with E-state index < -0.39 is 0 Å². The Labute approximate surface area is 123 Å². The Balaban J connectivity index is 2.77. The van der Waals surface area contributed by atoms with Crippen LogP contribution in [0.1, 0.15) is 12.5 Å². The van der Waals surface area contributed by atoms with Gasteiger partial charge in [-0.25, -0.2) is 0 Å². The minimum Gasteiger partial charge on any atom is -0.508 e. The number of hydrogen-bond donors (Lipinski definition) is 1. The molecule has 0 saturated carbocycles. The predicted octanol–water partition coefficient (Wildman–Crippen LogP) is 2.64. The first kappa shape index (κ1) is 16.4. The number of hydrogen-bond acceptors (Lipinski definition) is 4. The van der Waals surface area contributed by atoms with Crippen molar-refractivity contribution in [3.05, 3.63) is 28.2 Å². The molecule has 1 rings (SSSR count). The molecule has 0 bridgehead atoms. The van der Waals surface area contributed by atoms with E-state index in [9.17, 15) is 5.11 Å². The second-order valence-corrected chi connectivity index (χ2v) is 5.46. The zero-order valence-corrected chi connectivity index (χ0v) is 13.3. The Morgan fingerprint density at radius 1 is 1.32 bits per heavy atom. The van der Waals surface area contributed by atoms with Gasteiger partial charge in [-0.1, -0.05) is 15.9 Å². The lowest BCUT2D eigenvalue weighted by atomic mass is 10.1. The molecular weight excluding hydrogens is 310 g/mol. The highest BCUT2D eigenvalue weighted by atomic mass is 79.9. The van der Waals surface area contributed by atoms with Gasteiger partial charge in [0.1, 0.15) is 5.75 Å². The third kappa shape index (κ3) is 5.48. The summed E-state index contributed by atoms with van der Waals surface area (Å²) in [6.45, 7) is 4.88. The van der Waals surface area contributed by atoms with Crippen LogP contribution in [0.5, 0.6) is 5.75 Å². The van der Waals surface area contributed by atoms with Gasteiger partial charge < -0.3 is 14.6 Å². The molecule has 19 heavy (non-hydrogen) atoms. The van der Waals surface area contributed by atoms with Crippen molar-refractivity contribution in [1.29, 1.82) is 0 Å². The summed E-state index contributed by atoms with van der Waals surface area (Å²) in [6, 6.07) is 5.74. The molecule has 0 aliphatic carbocycles. The fraction of sp³-hybridized carbons (Fsp3) is 0.571. The smallest absolute Gasteiger partial charge is 0.120 e. The van der Waals surface area contributed by atoms with Gasteiger partial charge in [-0.15, -0.1) is 0 Å². The average molecular weight is 332 g/mol. The topological polar surface area (TPSA) is 41.9 Å². The first-order valence-corrected chi connectivity index (χ1v) is 7.07. The van der Waals surface area contributed by atoms with Crippen LogP contribution in [0.2, 0.25) is 0 Å². The molecule has 1 aromatic rings. The lowest BCUT2D eigenvalue weighted by Crippen LogP contribution is -2.38. The zero-order chi connectivity index (χ0) is 14.3. The Bertz CT molecular complexity index is 387. The summed E-state index contributed by atoms with van der Waals surface area (Å²) in [5.74, 6) is 0.315. The maximum atomic E-state index is 9.91. The molecule has 0 heterocycles. The van der Waals surface area contributed by atoms with Gasteiger partial charge in [0, 0.05) is 43.4 Å². The van der Waals surface area contributed by atoms with Crippen molar-refractivity contribution in [2.24, 2.45) is 0 Å². The Hall–Kier alpha value is -0.620. The van der Waals surface area contributed by atoms with Crippen LogP contribution in [0.15, 0.2) is 22.7 Å². The van der Waals surface area contributed by atoms with E-state index in [0.29, 0.717) is 25.5 Å². The normalized spacial score (nSPS) is 12.9. The fourth-order valence-electron chi connectivity index (χ4n) is 1.91. The zero-order valence-electron chi connectivity index (χ0n) is 11.7. The summed E-state index contributed by atoms with van der Waals surface area (Å²) < 4.78 is 11.3. The molecule has 0 aliphatic heterocycles. The number of methoxy groups -OCH3 is 2. The van der Waals surface area contributed by atoms with Gasteiger partial charge >= 0.3 is 0 Å². The highest BCUT2D eigenvalue weighted by Crippen LogP contribution is 2.23. The van der Waals surface area contributed by atoms with Crippen LogP contribution >= 0.6 is 15.9 Å². The van der Waals surface area contributed by atoms with Crippen LogP contribution in [0, 0.1) is 0 Å². The molecule has 1 aromatic carbocycles. The number of rotatable bonds is 8. The Morgan fingerprint density at radius 2 is 2.05 bits per heavy atom. The number of phenolic OH excluding ortho intramolecular Hbond substituents is 1. The molecule has 0 amide bonds. The molecule has 4 nitrogen and oxygen atoms in total. The van der Waals surface area contributed by atoms with Gasteiger partial charge in [0.05, 0.1) is 13.2 Å². The van der Waals surface area contributed by atoms with Crippen molar-refractivity contribution in [2.45, 2.75) is 19.5 Å². The molecule has 1 unspecified atom stereocenters. The van der Waals surface area contributed by atoms with Gasteiger partial charge in [0.15, 0.2) is 0 Å². The Morgan fingerprint density at radius 3 is 2.68 bits per heavy atom. The van der Waals surface area contributed by atoms with E-state index in [1.54, 1.807) is 20.3 Å². The number of phenols is 1. The van der Waals surface area contributed by atoms with Crippen molar-refractivity contribution in [3.63, 3.8) is 0 Å². The van der Waals surface area contributed by atoms with Crippen LogP contribution in [-0.4, -0.2) is 50.0 Å². The first-order chi connectivity index (χ1) is 9.08. The molecule has 0 fully saturated rings. The molecule has 0 radical (unpaired) electrons. The summed E-state index contributed by atoms with van der Waals surface area (Å²) in [5.41, 5.74) is 0.897. The van der Waals surface area contributed by atoms with Gasteiger partial charge in [0.25, 0.3) is 0 Å². The second-order valence-electron chi connectivity index (χ2n) is 4.54. The second kappa shape index (κ2) is 8.53. The maximum absolute atomic E-state index is 9.91. The van der Waals surface area contributed by atoms with Crippen molar-refractivity contribution in [2.75, 3.05) is 34.0 Å². The molecule has 0 spiro atoms. The minimum atomic E-state index is 0.263. The third-order valence-corrected chi connectivity index (χ3v) is 3.52. The quantitative estimate of drug-likeness (QED) is 0.795. The largest absolute Gasteiger partial charge is 0.508 e. The van der Waals surface area contributed by atoms with Crippen LogP contribution in [-0.2, 0) is 16.0 Å². The molecule has 0 aliphatic rings. The molecule has 1 atom stereocenters. The Kier molecular flexibility index (Phi) is 7.38. The summed E-state index contributed by atoms with van der Waals surface area (Å²) in [5, 5.41) is 9.91. The summed E-state index contributed by atoms with van der Waals surface area (Å²) in [6.07, 6.45) is 0. The number of benzene rings is 1. The molecule has 108 valence electrons. The van der Waals surface area contributed by atoms with E-state index in [4.69, 9.17) is 9.47 Å². The first-order valence-electron chi connectivity index (χ1n) is 6.27. The standard InChI is InChI=1S/C14H22BrNO3/c1-11(10-19-3)16(6-7-18-2)9-12-8-13(15)4-5-14(12)17/h4-5,8,11,17H,6-7,9-10H2,1-3H3. The average Bonchev–Trinajstić information content (AvgIpc) is 2.38. The van der Waals surface area contributed by atoms with Gasteiger partial charge in [0.2, 0.25) is 0 Å². The van der Waals surface area contributed by atoms with Crippen molar-refractivity contribution >= 4 is 15.9 Å². The number of ether oxygens (including phenoxy) is 2. The lowest BCUT2D eigenvalue weighted by Gasteiger charge is -2.28. The van der Waals surface area contributed by atoms with E-state index in [-0.39, 0.29) is 6.04 Å². The van der Waals surface area contributed by atoms with Gasteiger partial charge in [-0.2, -0.15) is 0 Å². The van der Waals surface area contributed by atoms with Crippen LogP contribution in [0.25, 0.3) is 0 Å². The van der Waals surface area contributed by atoms with Crippen molar-refractivity contribution < 1.29 is 14.6 Å². The molecule has 1 N–H and O–H groups in total. The fourth-order valence-corrected chi connectivity index (χ4v) is 2.32. The molecule has 0 aromatic heterocycles. The number of nitrogens with zero attached hydrogens (tertiary/aromatic N) is 1. The van der Waals surface area contributed by atoms with E-state index >= 15 is 0 Å². The van der Waals surface area contributed by atoms with E-state index in [0.717, 1.165) is 16.6 Å². The van der Waals surface area contributed by atoms with E-state index in [2.05, 4.69) is 27.8 Å². The monoisotopic (exact) mass is 331 g/mol. The number of halogens is 1. The lowest BCUT2D eigenvalue weighted by molar-refractivity contribution is 0.0700. The van der Waals surface area contributed by atoms with Crippen LogP contribution in [0.4, 0.5) is 0 Å². The minimum absolute atomic E-state index is 0.263. The van der Waals surface area contributed by atoms with E-state index in [1.165, 1.54) is 0 Å². The molecular formula is C14H22BrNO3. The maximum Gasteiger partial charge on any atom is 0.120 e. The SMILES string of the molecule is COCCN(Cc1cc(Br)ccc1O)C(C)COC. The van der Waals surface area contributed by atoms with Crippen LogP contribution in [0.3, 0.4) is 0 Å². The van der Waals surface area contributed by atoms with Crippen LogP contribution < -0.4 is 0 Å². The van der Waals surface area contributed by atoms with Gasteiger partial charge in [-0.3, -0.25) is 4.90 Å². The van der Waals surface area contributed by atoms with Crippen molar-refractivity contribution in [1.82, 2.24) is 4.90 Å². The van der Waals surface area contributed by atoms with Gasteiger partial charge in [-0.05, 0) is 25.1 Å². The van der Waals surface area contributed by atoms with E-state index in [1.807, 2.05) is 12.1 Å². The summed E-state index contributed by atoms with van der Waals surface area (Å²) >= 11 is 3.43. The van der Waals surface area contributed by atoms with Crippen molar-refractivity contribution in [3.8, 4) is 5.75 Å². The predicted molar refractivity (Wildman–Crippen MR) is 79.4 cm³/mol. The number of aromatic hydroxyl groups is 1. The molecule has 0 saturated heterocycles. The third-order valence-electron chi connectivity index (χ3n) is 3.03. The summed E-state index contributed by atoms with van der Waals surface area (Å²) in [7, 11) is 3.39. The highest BCUT2D eigenvalue weighted by Gasteiger charge is 2.15. The molecule has 5 heteroatoms. The highest BCUT2D eigenvalue weighted by molar-refractivity contribution is 9.10. The summed E-state index contributed by atoms with van der Waals surface area (Å²) in [4.78, 5) is 2.23.